The largest absolute Gasteiger partial charge is 0.465 e. The predicted octanol–water partition coefficient (Wildman–Crippen LogP) is 1.64. The summed E-state index contributed by atoms with van der Waals surface area (Å²) in [5, 5.41) is 0. The number of ether oxygens (including phenoxy) is 1. The molecule has 10 heteroatoms. The van der Waals surface area contributed by atoms with Crippen molar-refractivity contribution in [2.75, 3.05) is 13.2 Å². The van der Waals surface area contributed by atoms with Crippen LogP contribution in [0.25, 0.3) is 0 Å². The molecule has 3 atom stereocenters. The Kier molecular flexibility index (Phi) is 5.74. The van der Waals surface area contributed by atoms with Gasteiger partial charge in [-0.3, -0.25) is 8.98 Å². The summed E-state index contributed by atoms with van der Waals surface area (Å²) in [6, 6.07) is -1.33. The summed E-state index contributed by atoms with van der Waals surface area (Å²) in [7, 11) is -4.11. The summed E-state index contributed by atoms with van der Waals surface area (Å²) in [4.78, 5) is 11.6. The van der Waals surface area contributed by atoms with Crippen LogP contribution in [-0.2, 0) is 24.0 Å². The molecule has 1 heterocycles. The Balaban J connectivity index is 2.71. The van der Waals surface area contributed by atoms with E-state index in [1.807, 2.05) is 0 Å². The zero-order valence-corrected chi connectivity index (χ0v) is 13.4. The highest BCUT2D eigenvalue weighted by Crippen LogP contribution is 2.37. The fourth-order valence-electron chi connectivity index (χ4n) is 1.66. The Bertz CT molecular complexity index is 436. The zero-order chi connectivity index (χ0) is 14.8. The van der Waals surface area contributed by atoms with Gasteiger partial charge in [0.15, 0.2) is 0 Å². The summed E-state index contributed by atoms with van der Waals surface area (Å²) in [6.45, 7) is 2.94. The van der Waals surface area contributed by atoms with E-state index in [2.05, 4.69) is 4.18 Å². The molecule has 0 radical (unpaired) electrons. The Morgan fingerprint density at radius 2 is 1.89 bits per heavy atom. The standard InChI is InChI=1S/C9H14Cl3NO5S/c1-3-6-7(8(14)17-4-2)13(6)19(15,16)18-5-9(10,11)12/h6-7H,3-5H2,1-2H3. The summed E-state index contributed by atoms with van der Waals surface area (Å²) < 4.78 is 32.2. The van der Waals surface area contributed by atoms with E-state index in [1.165, 1.54) is 0 Å². The Morgan fingerprint density at radius 1 is 1.32 bits per heavy atom. The van der Waals surface area contributed by atoms with Gasteiger partial charge in [-0.15, -0.1) is 0 Å². The van der Waals surface area contributed by atoms with Crippen LogP contribution in [0, 0.1) is 0 Å². The van der Waals surface area contributed by atoms with Crippen molar-refractivity contribution >= 4 is 51.1 Å². The molecule has 0 aromatic heterocycles. The second-order valence-corrected chi connectivity index (χ2v) is 7.87. The van der Waals surface area contributed by atoms with Crippen molar-refractivity contribution in [3.8, 4) is 0 Å². The lowest BCUT2D eigenvalue weighted by Gasteiger charge is -2.12. The molecule has 1 saturated heterocycles. The van der Waals surface area contributed by atoms with Crippen molar-refractivity contribution < 1.29 is 22.1 Å². The molecule has 19 heavy (non-hydrogen) atoms. The van der Waals surface area contributed by atoms with Gasteiger partial charge in [0.05, 0.1) is 12.6 Å². The number of carbonyl (C=O) groups is 1. The smallest absolute Gasteiger partial charge is 0.339 e. The van der Waals surface area contributed by atoms with Crippen LogP contribution in [0.3, 0.4) is 0 Å². The molecule has 0 aromatic rings. The predicted molar refractivity (Wildman–Crippen MR) is 71.5 cm³/mol. The number of alkyl halides is 3. The average Bonchev–Trinajstić information content (AvgIpc) is 3.01. The van der Waals surface area contributed by atoms with Gasteiger partial charge >= 0.3 is 16.3 Å². The van der Waals surface area contributed by atoms with Crippen molar-refractivity contribution in [3.05, 3.63) is 0 Å². The Morgan fingerprint density at radius 3 is 2.32 bits per heavy atom. The zero-order valence-electron chi connectivity index (χ0n) is 10.3. The first-order valence-corrected chi connectivity index (χ1v) is 8.05. The van der Waals surface area contributed by atoms with E-state index >= 15 is 0 Å². The minimum Gasteiger partial charge on any atom is -0.465 e. The van der Waals surface area contributed by atoms with Crippen LogP contribution in [-0.4, -0.2) is 47.8 Å². The number of rotatable bonds is 6. The summed E-state index contributed by atoms with van der Waals surface area (Å²) in [5.41, 5.74) is 0. The molecule has 0 amide bonds. The number of esters is 1. The topological polar surface area (TPSA) is 72.7 Å². The molecule has 0 bridgehead atoms. The van der Waals surface area contributed by atoms with Gasteiger partial charge in [0.25, 0.3) is 0 Å². The second-order valence-electron chi connectivity index (χ2n) is 3.84. The number of halogens is 3. The Hall–Kier alpha value is 0.210. The molecule has 1 aliphatic heterocycles. The molecule has 1 fully saturated rings. The summed E-state index contributed by atoms with van der Waals surface area (Å²) in [5.74, 6) is -0.601. The molecule has 3 unspecified atom stereocenters. The third-order valence-corrected chi connectivity index (χ3v) is 4.21. The molecular weight excluding hydrogens is 341 g/mol. The molecule has 112 valence electrons. The van der Waals surface area contributed by atoms with E-state index in [0.717, 1.165) is 4.31 Å². The number of hydrogen-bond acceptors (Lipinski definition) is 5. The van der Waals surface area contributed by atoms with Crippen molar-refractivity contribution in [2.45, 2.75) is 36.1 Å². The lowest BCUT2D eigenvalue weighted by Crippen LogP contribution is -2.26. The quantitative estimate of drug-likeness (QED) is 0.412. The van der Waals surface area contributed by atoms with E-state index in [4.69, 9.17) is 39.5 Å². The van der Waals surface area contributed by atoms with Crippen LogP contribution in [0.4, 0.5) is 0 Å². The Labute approximate surface area is 127 Å². The monoisotopic (exact) mass is 353 g/mol. The van der Waals surface area contributed by atoms with Crippen molar-refractivity contribution in [2.24, 2.45) is 0 Å². The van der Waals surface area contributed by atoms with E-state index in [-0.39, 0.29) is 6.61 Å². The first-order valence-electron chi connectivity index (χ1n) is 5.55. The molecular formula is C9H14Cl3NO5S. The second kappa shape index (κ2) is 6.32. The first-order chi connectivity index (χ1) is 8.64. The molecule has 0 saturated carbocycles. The van der Waals surface area contributed by atoms with Gasteiger partial charge in [0, 0.05) is 0 Å². The maximum Gasteiger partial charge on any atom is 0.339 e. The van der Waals surface area contributed by atoms with Crippen molar-refractivity contribution in [1.29, 1.82) is 0 Å². The molecule has 0 aliphatic carbocycles. The van der Waals surface area contributed by atoms with Crippen LogP contribution in [0.5, 0.6) is 0 Å². The van der Waals surface area contributed by atoms with Crippen LogP contribution < -0.4 is 0 Å². The van der Waals surface area contributed by atoms with E-state index in [0.29, 0.717) is 6.42 Å². The van der Waals surface area contributed by atoms with Gasteiger partial charge in [0.2, 0.25) is 3.79 Å². The molecule has 1 aliphatic rings. The van der Waals surface area contributed by atoms with E-state index in [9.17, 15) is 13.2 Å². The lowest BCUT2D eigenvalue weighted by molar-refractivity contribution is -0.143. The minimum atomic E-state index is -4.11. The van der Waals surface area contributed by atoms with E-state index in [1.54, 1.807) is 13.8 Å². The number of hydrogen-bond donors (Lipinski definition) is 0. The third kappa shape index (κ3) is 4.61. The number of nitrogens with zero attached hydrogens (tertiary/aromatic N) is 1. The molecule has 1 rings (SSSR count). The normalized spacial score (nSPS) is 27.1. The van der Waals surface area contributed by atoms with Crippen LogP contribution in [0.2, 0.25) is 0 Å². The maximum atomic E-state index is 11.8. The van der Waals surface area contributed by atoms with Crippen molar-refractivity contribution in [1.82, 2.24) is 4.31 Å². The summed E-state index contributed by atoms with van der Waals surface area (Å²) in [6.07, 6.45) is 0.458. The highest BCUT2D eigenvalue weighted by molar-refractivity contribution is 7.84. The fraction of sp³-hybridized carbons (Fsp3) is 0.889. The van der Waals surface area contributed by atoms with Crippen LogP contribution in [0.15, 0.2) is 0 Å². The van der Waals surface area contributed by atoms with Gasteiger partial charge in [-0.1, -0.05) is 41.7 Å². The van der Waals surface area contributed by atoms with Gasteiger partial charge in [0.1, 0.15) is 12.6 Å². The lowest BCUT2D eigenvalue weighted by atomic mass is 10.2. The number of carbonyl (C=O) groups excluding carboxylic acids is 1. The van der Waals surface area contributed by atoms with E-state index < -0.39 is 38.8 Å². The average molecular weight is 355 g/mol. The van der Waals surface area contributed by atoms with Gasteiger partial charge in [-0.25, -0.2) is 0 Å². The SMILES string of the molecule is CCOC(=O)C1C(CC)N1S(=O)(=O)OCC(Cl)(Cl)Cl. The molecule has 0 spiro atoms. The highest BCUT2D eigenvalue weighted by atomic mass is 35.6. The summed E-state index contributed by atoms with van der Waals surface area (Å²) >= 11 is 16.2. The minimum absolute atomic E-state index is 0.175. The molecule has 0 N–H and O–H groups in total. The molecule has 6 nitrogen and oxygen atoms in total. The van der Waals surface area contributed by atoms with Crippen LogP contribution in [0.1, 0.15) is 20.3 Å². The fourth-order valence-corrected chi connectivity index (χ4v) is 3.51. The van der Waals surface area contributed by atoms with Gasteiger partial charge in [-0.05, 0) is 13.3 Å². The first kappa shape index (κ1) is 17.3. The third-order valence-electron chi connectivity index (χ3n) is 2.45. The highest BCUT2D eigenvalue weighted by Gasteiger charge is 2.60. The molecule has 0 aromatic carbocycles. The maximum absolute atomic E-state index is 11.8. The van der Waals surface area contributed by atoms with Crippen LogP contribution >= 0.6 is 34.8 Å². The van der Waals surface area contributed by atoms with Gasteiger partial charge in [-0.2, -0.15) is 12.7 Å². The van der Waals surface area contributed by atoms with Gasteiger partial charge < -0.3 is 4.74 Å². The van der Waals surface area contributed by atoms with Crippen molar-refractivity contribution in [3.63, 3.8) is 0 Å².